The van der Waals surface area contributed by atoms with Crippen molar-refractivity contribution in [3.63, 3.8) is 0 Å². The minimum absolute atomic E-state index is 0.272. The number of amides is 1. The number of allylic oxidation sites excluding steroid dienone is 2. The van der Waals surface area contributed by atoms with Crippen molar-refractivity contribution in [1.29, 1.82) is 0 Å². The van der Waals surface area contributed by atoms with Crippen LogP contribution in [0, 0.1) is 34.5 Å². The van der Waals surface area contributed by atoms with Crippen molar-refractivity contribution in [3.8, 4) is 5.75 Å². The van der Waals surface area contributed by atoms with Gasteiger partial charge < -0.3 is 9.64 Å². The smallest absolute Gasteiger partial charge is 0.222 e. The van der Waals surface area contributed by atoms with Gasteiger partial charge in [0.2, 0.25) is 5.91 Å². The van der Waals surface area contributed by atoms with Crippen LogP contribution in [0.1, 0.15) is 64.4 Å². The number of carbonyl (C=O) groups excluding carboxylic acids is 1. The molecule has 2 saturated carbocycles. The molecule has 1 aliphatic heterocycles. The number of methoxy groups -OCH3 is 1. The van der Waals surface area contributed by atoms with Gasteiger partial charge in [-0.05, 0) is 96.3 Å². The fraction of sp³-hybridized carbons (Fsp3) is 0.667. The maximum Gasteiger partial charge on any atom is 0.222 e. The number of benzene rings is 1. The third-order valence-corrected chi connectivity index (χ3v) is 9.86. The van der Waals surface area contributed by atoms with Gasteiger partial charge in [0, 0.05) is 20.0 Å². The molecule has 0 radical (unpaired) electrons. The Bertz CT molecular complexity index is 875. The van der Waals surface area contributed by atoms with Crippen LogP contribution < -0.4 is 4.74 Å². The van der Waals surface area contributed by atoms with E-state index >= 15 is 0 Å². The van der Waals surface area contributed by atoms with Crippen molar-refractivity contribution >= 4 is 11.5 Å². The molecule has 3 aliphatic carbocycles. The van der Waals surface area contributed by atoms with Crippen molar-refractivity contribution < 1.29 is 9.53 Å². The first-order valence-corrected chi connectivity index (χ1v) is 12.0. The molecule has 6 unspecified atom stereocenters. The van der Waals surface area contributed by atoms with Crippen LogP contribution in [0.4, 0.5) is 0 Å². The minimum atomic E-state index is 0.272. The molecule has 30 heavy (non-hydrogen) atoms. The lowest BCUT2D eigenvalue weighted by molar-refractivity contribution is -0.131. The molecule has 1 aromatic rings. The Kier molecular flexibility index (Phi) is 4.79. The van der Waals surface area contributed by atoms with Crippen LogP contribution >= 0.6 is 0 Å². The zero-order valence-electron chi connectivity index (χ0n) is 19.1. The molecule has 6 atom stereocenters. The van der Waals surface area contributed by atoms with E-state index in [0.29, 0.717) is 17.2 Å². The van der Waals surface area contributed by atoms with Gasteiger partial charge in [-0.3, -0.25) is 4.79 Å². The highest BCUT2D eigenvalue weighted by atomic mass is 16.5. The summed E-state index contributed by atoms with van der Waals surface area (Å²) in [5, 5.41) is 0. The van der Waals surface area contributed by atoms with Gasteiger partial charge in [-0.1, -0.05) is 32.1 Å². The number of fused-ring (bicyclic) bond motifs is 5. The van der Waals surface area contributed by atoms with Gasteiger partial charge in [-0.25, -0.2) is 0 Å². The number of hydrogen-bond acceptors (Lipinski definition) is 2. The zero-order chi connectivity index (χ0) is 21.1. The Balaban J connectivity index is 1.43. The average molecular weight is 408 g/mol. The summed E-state index contributed by atoms with van der Waals surface area (Å²) in [6.07, 6.45) is 10.8. The number of ether oxygens (including phenoxy) is 1. The second-order valence-electron chi connectivity index (χ2n) is 11.0. The lowest BCUT2D eigenvalue weighted by Crippen LogP contribution is -2.51. The monoisotopic (exact) mass is 407 g/mol. The SMILES string of the molecule is COc1cccc(C2=CCC3C4CCC5CC(=O)N(C)CCC5(C)C4CCC23C)c1. The van der Waals surface area contributed by atoms with E-state index in [2.05, 4.69) is 38.1 Å². The Morgan fingerprint density at radius 1 is 1.10 bits per heavy atom. The van der Waals surface area contributed by atoms with Gasteiger partial charge in [-0.2, -0.15) is 0 Å². The minimum Gasteiger partial charge on any atom is -0.497 e. The summed E-state index contributed by atoms with van der Waals surface area (Å²) >= 11 is 0. The van der Waals surface area contributed by atoms with Crippen LogP contribution in [0.5, 0.6) is 5.75 Å². The van der Waals surface area contributed by atoms with Crippen LogP contribution in [-0.4, -0.2) is 31.5 Å². The van der Waals surface area contributed by atoms with Crippen molar-refractivity contribution in [1.82, 2.24) is 4.90 Å². The quantitative estimate of drug-likeness (QED) is 0.620. The molecule has 0 N–H and O–H groups in total. The van der Waals surface area contributed by atoms with E-state index in [1.54, 1.807) is 12.7 Å². The number of nitrogens with zero attached hydrogens (tertiary/aromatic N) is 1. The molecule has 0 aromatic heterocycles. The molecule has 3 fully saturated rings. The lowest BCUT2D eigenvalue weighted by Gasteiger charge is -2.58. The molecule has 0 spiro atoms. The third kappa shape index (κ3) is 2.87. The number of hydrogen-bond donors (Lipinski definition) is 0. The second kappa shape index (κ2) is 7.14. The molecular formula is C27H37NO2. The maximum atomic E-state index is 12.6. The van der Waals surface area contributed by atoms with Crippen molar-refractivity contribution in [2.45, 2.75) is 58.8 Å². The van der Waals surface area contributed by atoms with E-state index < -0.39 is 0 Å². The molecule has 0 bridgehead atoms. The van der Waals surface area contributed by atoms with Crippen LogP contribution in [0.25, 0.3) is 5.57 Å². The highest BCUT2D eigenvalue weighted by molar-refractivity contribution is 5.76. The van der Waals surface area contributed by atoms with Gasteiger partial charge in [0.1, 0.15) is 5.75 Å². The Morgan fingerprint density at radius 3 is 2.73 bits per heavy atom. The number of rotatable bonds is 2. The fourth-order valence-electron chi connectivity index (χ4n) is 7.97. The highest BCUT2D eigenvalue weighted by Gasteiger charge is 2.58. The molecule has 5 rings (SSSR count). The summed E-state index contributed by atoms with van der Waals surface area (Å²) in [5.41, 5.74) is 3.49. The molecular weight excluding hydrogens is 370 g/mol. The first-order valence-electron chi connectivity index (χ1n) is 12.0. The van der Waals surface area contributed by atoms with Crippen LogP contribution in [0.2, 0.25) is 0 Å². The average Bonchev–Trinajstić information content (AvgIpc) is 3.05. The summed E-state index contributed by atoms with van der Waals surface area (Å²) in [6, 6.07) is 8.65. The first kappa shape index (κ1) is 20.2. The molecule has 3 heteroatoms. The first-order chi connectivity index (χ1) is 14.4. The van der Waals surface area contributed by atoms with E-state index in [-0.39, 0.29) is 5.41 Å². The van der Waals surface area contributed by atoms with Gasteiger partial charge in [0.05, 0.1) is 7.11 Å². The maximum absolute atomic E-state index is 12.6. The second-order valence-corrected chi connectivity index (χ2v) is 11.0. The van der Waals surface area contributed by atoms with Gasteiger partial charge in [0.25, 0.3) is 0 Å². The predicted octanol–water partition coefficient (Wildman–Crippen LogP) is 5.80. The summed E-state index contributed by atoms with van der Waals surface area (Å²) in [6.45, 7) is 6.00. The van der Waals surface area contributed by atoms with Crippen LogP contribution in [-0.2, 0) is 4.79 Å². The highest BCUT2D eigenvalue weighted by Crippen LogP contribution is 2.66. The number of carbonyl (C=O) groups is 1. The van der Waals surface area contributed by atoms with Crippen LogP contribution in [0.15, 0.2) is 30.3 Å². The summed E-state index contributed by atoms with van der Waals surface area (Å²) < 4.78 is 5.51. The zero-order valence-corrected chi connectivity index (χ0v) is 19.1. The van der Waals surface area contributed by atoms with E-state index in [1.165, 1.54) is 44.1 Å². The molecule has 1 heterocycles. The molecule has 1 aromatic carbocycles. The third-order valence-electron chi connectivity index (χ3n) is 9.86. The van der Waals surface area contributed by atoms with E-state index in [4.69, 9.17) is 4.74 Å². The summed E-state index contributed by atoms with van der Waals surface area (Å²) in [7, 11) is 3.76. The molecule has 3 nitrogen and oxygen atoms in total. The Morgan fingerprint density at radius 2 is 1.93 bits per heavy atom. The predicted molar refractivity (Wildman–Crippen MR) is 121 cm³/mol. The van der Waals surface area contributed by atoms with Crippen molar-refractivity contribution in [2.24, 2.45) is 34.5 Å². The van der Waals surface area contributed by atoms with Crippen molar-refractivity contribution in [3.05, 3.63) is 35.9 Å². The standard InChI is InChI=1S/C27H37NO2/c1-26-14-15-28(3)25(29)17-19(26)8-9-21-23-11-10-22(27(23,2)13-12-24(21)26)18-6-5-7-20(16-18)30-4/h5-7,10,16,19,21,23-24H,8-9,11-15,17H2,1-4H3. The summed E-state index contributed by atoms with van der Waals surface area (Å²) in [5.74, 6) is 4.20. The molecule has 1 saturated heterocycles. The van der Waals surface area contributed by atoms with E-state index in [0.717, 1.165) is 36.5 Å². The van der Waals surface area contributed by atoms with Gasteiger partial charge in [-0.15, -0.1) is 0 Å². The van der Waals surface area contributed by atoms with E-state index in [1.807, 2.05) is 18.0 Å². The molecule has 4 aliphatic rings. The Hall–Kier alpha value is -1.77. The summed E-state index contributed by atoms with van der Waals surface area (Å²) in [4.78, 5) is 14.6. The Labute approximate surface area is 181 Å². The van der Waals surface area contributed by atoms with Crippen LogP contribution in [0.3, 0.4) is 0 Å². The van der Waals surface area contributed by atoms with Gasteiger partial charge in [0.15, 0.2) is 0 Å². The van der Waals surface area contributed by atoms with E-state index in [9.17, 15) is 4.79 Å². The lowest BCUT2D eigenvalue weighted by atomic mass is 9.46. The molecule has 1 amide bonds. The topological polar surface area (TPSA) is 29.5 Å². The number of likely N-dealkylation sites (tertiary alicyclic amines) is 1. The van der Waals surface area contributed by atoms with Gasteiger partial charge >= 0.3 is 0 Å². The normalized spacial score (nSPS) is 40.7. The molecule has 162 valence electrons. The van der Waals surface area contributed by atoms with Crippen molar-refractivity contribution in [2.75, 3.05) is 20.7 Å². The largest absolute Gasteiger partial charge is 0.497 e. The fourth-order valence-corrected chi connectivity index (χ4v) is 7.97.